The second kappa shape index (κ2) is 6.73. The van der Waals surface area contributed by atoms with Gasteiger partial charge in [-0.2, -0.15) is 0 Å². The fraction of sp³-hybridized carbons (Fsp3) is 0.0667. The number of fused-ring (bicyclic) bond motifs is 4. The number of carbonyl (C=O) groups excluding carboxylic acids is 2. The molecule has 0 radical (unpaired) electrons. The van der Waals surface area contributed by atoms with Gasteiger partial charge in [-0.05, 0) is 59.4 Å². The Kier molecular flexibility index (Phi) is 3.93. The number of aryl methyl sites for hydroxylation is 2. The molecule has 0 heterocycles. The maximum Gasteiger partial charge on any atom is 0.194 e. The van der Waals surface area contributed by atoms with Gasteiger partial charge in [-0.15, -0.1) is 0 Å². The number of benzene rings is 4. The van der Waals surface area contributed by atoms with E-state index in [1.165, 1.54) is 0 Å². The topological polar surface area (TPSA) is 34.1 Å². The SMILES string of the molecule is Cc1ccc2c(c1)C(=O)c1ccccc1/C2=C1/c2ccccc2C(=O)c2cc(C)ccc21. The molecular weight excluding hydrogens is 392 g/mol. The van der Waals surface area contributed by atoms with E-state index in [2.05, 4.69) is 12.1 Å². The van der Waals surface area contributed by atoms with E-state index >= 15 is 0 Å². The zero-order chi connectivity index (χ0) is 22.0. The molecule has 0 bridgehead atoms. The minimum atomic E-state index is 0.0490. The largest absolute Gasteiger partial charge is 0.289 e. The van der Waals surface area contributed by atoms with Gasteiger partial charge in [0.15, 0.2) is 11.6 Å². The standard InChI is InChI=1S/C30H20O2/c1-17-11-13-21-25(15-17)29(31)23-9-5-3-7-19(23)27(21)28-20-8-4-6-10-24(20)30(32)26-16-18(2)12-14-22(26)28/h3-16H,1-2H3/b28-27+. The monoisotopic (exact) mass is 412 g/mol. The van der Waals surface area contributed by atoms with Crippen LogP contribution >= 0.6 is 0 Å². The van der Waals surface area contributed by atoms with Crippen LogP contribution < -0.4 is 0 Å². The molecule has 0 aliphatic heterocycles. The van der Waals surface area contributed by atoms with E-state index in [1.807, 2.05) is 86.6 Å². The van der Waals surface area contributed by atoms with Gasteiger partial charge in [0.05, 0.1) is 0 Å². The van der Waals surface area contributed by atoms with Crippen LogP contribution in [0.5, 0.6) is 0 Å². The molecule has 0 aromatic heterocycles. The summed E-state index contributed by atoms with van der Waals surface area (Å²) in [5.74, 6) is 0.0981. The van der Waals surface area contributed by atoms with Crippen molar-refractivity contribution in [1.29, 1.82) is 0 Å². The summed E-state index contributed by atoms with van der Waals surface area (Å²) < 4.78 is 0. The Balaban J connectivity index is 1.83. The summed E-state index contributed by atoms with van der Waals surface area (Å²) in [6, 6.07) is 27.8. The van der Waals surface area contributed by atoms with E-state index in [9.17, 15) is 9.59 Å². The molecule has 2 heteroatoms. The molecule has 0 unspecified atom stereocenters. The highest BCUT2D eigenvalue weighted by Gasteiger charge is 2.34. The molecule has 4 aromatic carbocycles. The van der Waals surface area contributed by atoms with Crippen LogP contribution in [0.4, 0.5) is 0 Å². The zero-order valence-electron chi connectivity index (χ0n) is 17.9. The summed E-state index contributed by atoms with van der Waals surface area (Å²) >= 11 is 0. The quantitative estimate of drug-likeness (QED) is 0.289. The highest BCUT2D eigenvalue weighted by atomic mass is 16.1. The first-order valence-corrected chi connectivity index (χ1v) is 10.8. The maximum absolute atomic E-state index is 13.4. The Morgan fingerprint density at radius 2 is 0.750 bits per heavy atom. The smallest absolute Gasteiger partial charge is 0.194 e. The van der Waals surface area contributed by atoms with Crippen molar-refractivity contribution in [2.45, 2.75) is 13.8 Å². The molecule has 0 atom stereocenters. The van der Waals surface area contributed by atoms with Gasteiger partial charge in [0, 0.05) is 22.3 Å². The van der Waals surface area contributed by atoms with E-state index < -0.39 is 0 Å². The van der Waals surface area contributed by atoms with Crippen LogP contribution in [-0.2, 0) is 0 Å². The predicted octanol–water partition coefficient (Wildman–Crippen LogP) is 6.40. The first kappa shape index (κ1) is 18.7. The van der Waals surface area contributed by atoms with E-state index in [4.69, 9.17) is 0 Å². The fourth-order valence-corrected chi connectivity index (χ4v) is 5.05. The molecule has 0 fully saturated rings. The van der Waals surface area contributed by atoms with E-state index in [0.29, 0.717) is 22.3 Å². The fourth-order valence-electron chi connectivity index (χ4n) is 5.05. The first-order valence-electron chi connectivity index (χ1n) is 10.8. The molecule has 4 aromatic rings. The van der Waals surface area contributed by atoms with Crippen molar-refractivity contribution < 1.29 is 9.59 Å². The van der Waals surface area contributed by atoms with Gasteiger partial charge >= 0.3 is 0 Å². The van der Waals surface area contributed by atoms with Gasteiger partial charge in [-0.25, -0.2) is 0 Å². The second-order valence-corrected chi connectivity index (χ2v) is 8.60. The van der Waals surface area contributed by atoms with Gasteiger partial charge in [-0.3, -0.25) is 9.59 Å². The number of rotatable bonds is 0. The van der Waals surface area contributed by atoms with Crippen molar-refractivity contribution in [3.8, 4) is 0 Å². The summed E-state index contributed by atoms with van der Waals surface area (Å²) in [6.45, 7) is 4.01. The van der Waals surface area contributed by atoms with E-state index in [1.54, 1.807) is 0 Å². The predicted molar refractivity (Wildman–Crippen MR) is 127 cm³/mol. The van der Waals surface area contributed by atoms with Crippen molar-refractivity contribution in [3.05, 3.63) is 141 Å². The first-order chi connectivity index (χ1) is 15.5. The van der Waals surface area contributed by atoms with Crippen molar-refractivity contribution in [2.24, 2.45) is 0 Å². The number of hydrogen-bond donors (Lipinski definition) is 0. The molecule has 152 valence electrons. The molecule has 2 nitrogen and oxygen atoms in total. The van der Waals surface area contributed by atoms with Crippen LogP contribution in [0, 0.1) is 13.8 Å². The normalized spacial score (nSPS) is 16.2. The molecule has 2 aliphatic rings. The Morgan fingerprint density at radius 1 is 0.406 bits per heavy atom. The van der Waals surface area contributed by atoms with Gasteiger partial charge < -0.3 is 0 Å². The third kappa shape index (κ3) is 2.53. The van der Waals surface area contributed by atoms with Crippen LogP contribution in [0.25, 0.3) is 11.1 Å². The lowest BCUT2D eigenvalue weighted by molar-refractivity contribution is 0.102. The van der Waals surface area contributed by atoms with Crippen molar-refractivity contribution in [2.75, 3.05) is 0 Å². The average Bonchev–Trinajstić information content (AvgIpc) is 2.81. The van der Waals surface area contributed by atoms with E-state index in [0.717, 1.165) is 44.5 Å². The summed E-state index contributed by atoms with van der Waals surface area (Å²) in [5, 5.41) is 0. The van der Waals surface area contributed by atoms with Gasteiger partial charge in [0.2, 0.25) is 0 Å². The van der Waals surface area contributed by atoms with Crippen LogP contribution in [0.15, 0.2) is 84.9 Å². The zero-order valence-corrected chi connectivity index (χ0v) is 17.9. The lowest BCUT2D eigenvalue weighted by Crippen LogP contribution is -2.19. The molecule has 0 spiro atoms. The Labute approximate surface area is 186 Å². The van der Waals surface area contributed by atoms with Crippen LogP contribution in [0.1, 0.15) is 65.2 Å². The van der Waals surface area contributed by atoms with Crippen molar-refractivity contribution in [3.63, 3.8) is 0 Å². The molecule has 6 rings (SSSR count). The second-order valence-electron chi connectivity index (χ2n) is 8.60. The van der Waals surface area contributed by atoms with E-state index in [-0.39, 0.29) is 11.6 Å². The summed E-state index contributed by atoms with van der Waals surface area (Å²) in [7, 11) is 0. The lowest BCUT2D eigenvalue weighted by Gasteiger charge is -2.29. The molecule has 0 N–H and O–H groups in total. The van der Waals surface area contributed by atoms with Crippen LogP contribution in [-0.4, -0.2) is 11.6 Å². The third-order valence-electron chi connectivity index (χ3n) is 6.51. The van der Waals surface area contributed by atoms with Gasteiger partial charge in [0.1, 0.15) is 0 Å². The average molecular weight is 412 g/mol. The Hall–Kier alpha value is -4.04. The summed E-state index contributed by atoms with van der Waals surface area (Å²) in [4.78, 5) is 26.8. The Bertz CT molecular complexity index is 1400. The molecular formula is C30H20O2. The third-order valence-corrected chi connectivity index (χ3v) is 6.51. The highest BCUT2D eigenvalue weighted by Crippen LogP contribution is 2.46. The number of carbonyl (C=O) groups is 2. The van der Waals surface area contributed by atoms with Crippen molar-refractivity contribution in [1.82, 2.24) is 0 Å². The number of ketones is 2. The maximum atomic E-state index is 13.4. The summed E-state index contributed by atoms with van der Waals surface area (Å²) in [6.07, 6.45) is 0. The molecule has 0 saturated heterocycles. The van der Waals surface area contributed by atoms with Gasteiger partial charge in [0.25, 0.3) is 0 Å². The molecule has 0 saturated carbocycles. The minimum Gasteiger partial charge on any atom is -0.289 e. The Morgan fingerprint density at radius 3 is 1.16 bits per heavy atom. The van der Waals surface area contributed by atoms with Gasteiger partial charge in [-0.1, -0.05) is 83.9 Å². The number of hydrogen-bond acceptors (Lipinski definition) is 2. The lowest BCUT2D eigenvalue weighted by atomic mass is 9.72. The van der Waals surface area contributed by atoms with Crippen molar-refractivity contribution >= 4 is 22.7 Å². The minimum absolute atomic E-state index is 0.0490. The van der Waals surface area contributed by atoms with Crippen LogP contribution in [0.3, 0.4) is 0 Å². The highest BCUT2D eigenvalue weighted by molar-refractivity contribution is 6.27. The summed E-state index contributed by atoms with van der Waals surface area (Å²) in [5.41, 5.74) is 10.7. The van der Waals surface area contributed by atoms with Crippen LogP contribution in [0.2, 0.25) is 0 Å². The molecule has 32 heavy (non-hydrogen) atoms. The molecule has 0 amide bonds. The molecule has 2 aliphatic carbocycles.